The van der Waals surface area contributed by atoms with E-state index in [1.807, 2.05) is 0 Å². The molecule has 0 bridgehead atoms. The average Bonchev–Trinajstić information content (AvgIpc) is 2.68. The fraction of sp³-hybridized carbons (Fsp3) is 0.381. The molecule has 1 fully saturated rings. The highest BCUT2D eigenvalue weighted by Crippen LogP contribution is 2.31. The minimum absolute atomic E-state index is 0.0574. The molecule has 1 heterocycles. The Kier molecular flexibility index (Phi) is 6.89. The van der Waals surface area contributed by atoms with Gasteiger partial charge in [0.1, 0.15) is 18.5 Å². The van der Waals surface area contributed by atoms with Crippen LogP contribution in [0.2, 0.25) is 0 Å². The first-order valence-electron chi connectivity index (χ1n) is 9.61. The quantitative estimate of drug-likeness (QED) is 0.617. The highest BCUT2D eigenvalue weighted by atomic mass is 19.4. The second kappa shape index (κ2) is 9.42. The number of benzene rings is 1. The summed E-state index contributed by atoms with van der Waals surface area (Å²) < 4.78 is 56.3. The molecule has 2 N–H and O–H groups in total. The monoisotopic (exact) mass is 439 g/mol. The van der Waals surface area contributed by atoms with Gasteiger partial charge in [-0.15, -0.1) is 0 Å². The standard InChI is InChI=1S/C21H21F4N3O3/c1-12(27-19(29)11-31-16-9-15(22)10-16)6-7-26-20(30)18-4-2-13-8-14(21(23,24)25)3-5-17(13)28-18/h2-5,8,15-16H,1,6-7,9-11H2,(H,26,30)(H,27,29). The van der Waals surface area contributed by atoms with Gasteiger partial charge in [0, 0.05) is 36.9 Å². The number of fused-ring (bicyclic) bond motifs is 1. The van der Waals surface area contributed by atoms with Gasteiger partial charge in [-0.2, -0.15) is 13.2 Å². The zero-order valence-corrected chi connectivity index (χ0v) is 16.5. The van der Waals surface area contributed by atoms with E-state index in [0.717, 1.165) is 12.1 Å². The highest BCUT2D eigenvalue weighted by Gasteiger charge is 2.31. The Bertz CT molecular complexity index is 987. The molecule has 0 atom stereocenters. The van der Waals surface area contributed by atoms with E-state index in [-0.39, 0.29) is 42.3 Å². The molecule has 0 unspecified atom stereocenters. The lowest BCUT2D eigenvalue weighted by atomic mass is 9.94. The van der Waals surface area contributed by atoms with Gasteiger partial charge in [0.15, 0.2) is 0 Å². The lowest BCUT2D eigenvalue weighted by Gasteiger charge is -2.29. The van der Waals surface area contributed by atoms with Crippen molar-refractivity contribution in [1.82, 2.24) is 15.6 Å². The molecule has 0 saturated heterocycles. The number of rotatable bonds is 8. The van der Waals surface area contributed by atoms with Gasteiger partial charge in [-0.25, -0.2) is 9.37 Å². The number of ether oxygens (including phenoxy) is 1. The summed E-state index contributed by atoms with van der Waals surface area (Å²) in [5, 5.41) is 5.42. The molecule has 31 heavy (non-hydrogen) atoms. The summed E-state index contributed by atoms with van der Waals surface area (Å²) in [4.78, 5) is 28.1. The molecule has 2 amide bonds. The third-order valence-corrected chi connectivity index (χ3v) is 4.77. The number of pyridine rings is 1. The molecule has 0 spiro atoms. The summed E-state index contributed by atoms with van der Waals surface area (Å²) in [7, 11) is 0. The molecule has 10 heteroatoms. The second-order valence-electron chi connectivity index (χ2n) is 7.26. The van der Waals surface area contributed by atoms with Gasteiger partial charge >= 0.3 is 6.18 Å². The van der Waals surface area contributed by atoms with Gasteiger partial charge in [0.2, 0.25) is 5.91 Å². The van der Waals surface area contributed by atoms with Crippen LogP contribution in [0.25, 0.3) is 10.9 Å². The number of carbonyl (C=O) groups is 2. The van der Waals surface area contributed by atoms with Crippen LogP contribution in [0, 0.1) is 0 Å². The first kappa shape index (κ1) is 22.7. The summed E-state index contributed by atoms with van der Waals surface area (Å²) in [6, 6.07) is 5.84. The molecule has 1 saturated carbocycles. The van der Waals surface area contributed by atoms with Crippen molar-refractivity contribution in [3.63, 3.8) is 0 Å². The number of alkyl halides is 4. The van der Waals surface area contributed by atoms with Crippen LogP contribution in [0.1, 0.15) is 35.3 Å². The van der Waals surface area contributed by atoms with E-state index >= 15 is 0 Å². The van der Waals surface area contributed by atoms with Gasteiger partial charge in [0.05, 0.1) is 17.2 Å². The van der Waals surface area contributed by atoms with Crippen LogP contribution in [0.4, 0.5) is 17.6 Å². The zero-order valence-electron chi connectivity index (χ0n) is 16.5. The predicted octanol–water partition coefficient (Wildman–Crippen LogP) is 3.52. The van der Waals surface area contributed by atoms with Crippen molar-refractivity contribution < 1.29 is 31.9 Å². The van der Waals surface area contributed by atoms with Crippen LogP contribution < -0.4 is 10.6 Å². The van der Waals surface area contributed by atoms with Crippen molar-refractivity contribution in [2.45, 2.75) is 37.7 Å². The first-order chi connectivity index (χ1) is 14.6. The highest BCUT2D eigenvalue weighted by molar-refractivity contribution is 5.95. The largest absolute Gasteiger partial charge is 0.416 e. The summed E-state index contributed by atoms with van der Waals surface area (Å²) in [5.41, 5.74) is -0.0916. The van der Waals surface area contributed by atoms with Crippen molar-refractivity contribution in [1.29, 1.82) is 0 Å². The molecule has 3 rings (SSSR count). The maximum Gasteiger partial charge on any atom is 0.416 e. The molecule has 166 valence electrons. The molecular formula is C21H21F4N3O3. The van der Waals surface area contributed by atoms with Crippen LogP contribution in [-0.2, 0) is 15.7 Å². The maximum atomic E-state index is 12.8. The van der Waals surface area contributed by atoms with E-state index in [2.05, 4.69) is 22.2 Å². The zero-order chi connectivity index (χ0) is 22.6. The summed E-state index contributed by atoms with van der Waals surface area (Å²) in [6.45, 7) is 3.67. The molecule has 0 radical (unpaired) electrons. The van der Waals surface area contributed by atoms with E-state index in [1.54, 1.807) is 0 Å². The normalized spacial score (nSPS) is 18.3. The summed E-state index contributed by atoms with van der Waals surface area (Å²) in [5.74, 6) is -0.914. The SMILES string of the molecule is C=C(CCNC(=O)c1ccc2cc(C(F)(F)F)ccc2n1)NC(=O)COC1CC(F)C1. The molecule has 1 aliphatic carbocycles. The number of amides is 2. The van der Waals surface area contributed by atoms with Gasteiger partial charge in [-0.3, -0.25) is 9.59 Å². The van der Waals surface area contributed by atoms with Crippen LogP contribution in [-0.4, -0.2) is 42.2 Å². The lowest BCUT2D eigenvalue weighted by molar-refractivity contribution is -0.137. The Hall–Kier alpha value is -3.01. The van der Waals surface area contributed by atoms with Gasteiger partial charge < -0.3 is 15.4 Å². The third kappa shape index (κ3) is 6.24. The Balaban J connectivity index is 1.44. The van der Waals surface area contributed by atoms with E-state index in [4.69, 9.17) is 4.74 Å². The first-order valence-corrected chi connectivity index (χ1v) is 9.61. The van der Waals surface area contributed by atoms with E-state index in [0.29, 0.717) is 18.5 Å². The average molecular weight is 439 g/mol. The molecule has 6 nitrogen and oxygen atoms in total. The topological polar surface area (TPSA) is 80.3 Å². The Morgan fingerprint density at radius 2 is 1.94 bits per heavy atom. The van der Waals surface area contributed by atoms with Crippen molar-refractivity contribution in [3.05, 3.63) is 53.9 Å². The van der Waals surface area contributed by atoms with Crippen LogP contribution >= 0.6 is 0 Å². The van der Waals surface area contributed by atoms with Crippen molar-refractivity contribution >= 4 is 22.7 Å². The Labute approximate surface area is 175 Å². The molecule has 1 aliphatic rings. The van der Waals surface area contributed by atoms with Crippen LogP contribution in [0.15, 0.2) is 42.6 Å². The number of halogens is 4. The predicted molar refractivity (Wildman–Crippen MR) is 105 cm³/mol. The number of aromatic nitrogens is 1. The molecule has 2 aromatic rings. The number of hydrogen-bond donors (Lipinski definition) is 2. The van der Waals surface area contributed by atoms with Crippen molar-refractivity contribution in [2.24, 2.45) is 0 Å². The number of nitrogens with one attached hydrogen (secondary N) is 2. The summed E-state index contributed by atoms with van der Waals surface area (Å²) in [6.07, 6.45) is -4.69. The fourth-order valence-corrected chi connectivity index (χ4v) is 2.97. The Morgan fingerprint density at radius 3 is 2.61 bits per heavy atom. The fourth-order valence-electron chi connectivity index (χ4n) is 2.97. The molecule has 0 aliphatic heterocycles. The Morgan fingerprint density at radius 1 is 1.19 bits per heavy atom. The van der Waals surface area contributed by atoms with Gasteiger partial charge in [0.25, 0.3) is 5.91 Å². The smallest absolute Gasteiger partial charge is 0.368 e. The minimum atomic E-state index is -4.46. The third-order valence-electron chi connectivity index (χ3n) is 4.77. The van der Waals surface area contributed by atoms with E-state index < -0.39 is 29.7 Å². The van der Waals surface area contributed by atoms with Gasteiger partial charge in [-0.05, 0) is 24.3 Å². The lowest BCUT2D eigenvalue weighted by Crippen LogP contribution is -2.36. The van der Waals surface area contributed by atoms with Gasteiger partial charge in [-0.1, -0.05) is 12.6 Å². The maximum absolute atomic E-state index is 12.8. The second-order valence-corrected chi connectivity index (χ2v) is 7.26. The van der Waals surface area contributed by atoms with Crippen LogP contribution in [0.3, 0.4) is 0 Å². The minimum Gasteiger partial charge on any atom is -0.368 e. The molecule has 1 aromatic carbocycles. The number of carbonyl (C=O) groups excluding carboxylic acids is 2. The summed E-state index contributed by atoms with van der Waals surface area (Å²) >= 11 is 0. The molecule has 1 aromatic heterocycles. The number of hydrogen-bond acceptors (Lipinski definition) is 4. The van der Waals surface area contributed by atoms with E-state index in [9.17, 15) is 27.2 Å². The van der Waals surface area contributed by atoms with Crippen molar-refractivity contribution in [2.75, 3.05) is 13.2 Å². The number of nitrogens with zero attached hydrogens (tertiary/aromatic N) is 1. The van der Waals surface area contributed by atoms with Crippen molar-refractivity contribution in [3.8, 4) is 0 Å². The van der Waals surface area contributed by atoms with E-state index in [1.165, 1.54) is 18.2 Å². The molecular weight excluding hydrogens is 418 g/mol. The van der Waals surface area contributed by atoms with Crippen LogP contribution in [0.5, 0.6) is 0 Å².